The minimum Gasteiger partial charge on any atom is -0.324 e. The van der Waals surface area contributed by atoms with Gasteiger partial charge in [-0.1, -0.05) is 6.92 Å². The maximum absolute atomic E-state index is 6.10. The van der Waals surface area contributed by atoms with Gasteiger partial charge in [0.2, 0.25) is 0 Å². The molecule has 1 aromatic heterocycles. The molecular formula is C10H15N3. The van der Waals surface area contributed by atoms with Crippen molar-refractivity contribution in [3.63, 3.8) is 0 Å². The van der Waals surface area contributed by atoms with Gasteiger partial charge in [-0.15, -0.1) is 0 Å². The van der Waals surface area contributed by atoms with Crippen LogP contribution in [0.5, 0.6) is 0 Å². The van der Waals surface area contributed by atoms with Crippen molar-refractivity contribution < 1.29 is 0 Å². The van der Waals surface area contributed by atoms with Gasteiger partial charge in [0.05, 0.1) is 0 Å². The number of rotatable bonds is 3. The van der Waals surface area contributed by atoms with Crippen LogP contribution >= 0.6 is 0 Å². The fourth-order valence-electron chi connectivity index (χ4n) is 1.70. The van der Waals surface area contributed by atoms with Gasteiger partial charge < -0.3 is 5.73 Å². The van der Waals surface area contributed by atoms with Gasteiger partial charge in [-0.05, 0) is 24.7 Å². The van der Waals surface area contributed by atoms with Crippen LogP contribution in [0.4, 0.5) is 0 Å². The first-order valence-corrected chi connectivity index (χ1v) is 4.79. The van der Waals surface area contributed by atoms with E-state index in [0.717, 1.165) is 11.5 Å². The molecule has 3 nitrogen and oxygen atoms in total. The summed E-state index contributed by atoms with van der Waals surface area (Å²) in [4.78, 5) is 7.95. The van der Waals surface area contributed by atoms with Gasteiger partial charge in [-0.25, -0.2) is 9.97 Å². The van der Waals surface area contributed by atoms with Crippen molar-refractivity contribution in [1.82, 2.24) is 9.97 Å². The monoisotopic (exact) mass is 177 g/mol. The standard InChI is InChI=1S/C10H15N3/c1-7(8-2-3-8)10(11)9-4-12-6-13-5-9/h4-8,10H,2-3,11H2,1H3. The Labute approximate surface area is 78.4 Å². The zero-order valence-corrected chi connectivity index (χ0v) is 7.85. The highest BCUT2D eigenvalue weighted by atomic mass is 14.8. The number of nitrogens with two attached hydrogens (primary N) is 1. The first-order valence-electron chi connectivity index (χ1n) is 4.79. The van der Waals surface area contributed by atoms with Crippen LogP contribution in [0.1, 0.15) is 31.4 Å². The molecule has 0 spiro atoms. The SMILES string of the molecule is CC(C1CC1)C(N)c1cncnc1. The molecule has 0 saturated heterocycles. The second-order valence-corrected chi connectivity index (χ2v) is 3.89. The van der Waals surface area contributed by atoms with Crippen LogP contribution in [-0.2, 0) is 0 Å². The largest absolute Gasteiger partial charge is 0.324 e. The van der Waals surface area contributed by atoms with Gasteiger partial charge in [-0.2, -0.15) is 0 Å². The summed E-state index contributed by atoms with van der Waals surface area (Å²) >= 11 is 0. The van der Waals surface area contributed by atoms with Crippen LogP contribution in [0.3, 0.4) is 0 Å². The second kappa shape index (κ2) is 3.42. The van der Waals surface area contributed by atoms with Gasteiger partial charge in [-0.3, -0.25) is 0 Å². The van der Waals surface area contributed by atoms with Crippen LogP contribution in [0.2, 0.25) is 0 Å². The Kier molecular flexibility index (Phi) is 2.27. The lowest BCUT2D eigenvalue weighted by Crippen LogP contribution is -2.20. The summed E-state index contributed by atoms with van der Waals surface area (Å²) < 4.78 is 0. The molecule has 1 aromatic rings. The van der Waals surface area contributed by atoms with E-state index in [1.165, 1.54) is 19.2 Å². The van der Waals surface area contributed by atoms with Crippen molar-refractivity contribution in [3.8, 4) is 0 Å². The zero-order valence-electron chi connectivity index (χ0n) is 7.85. The van der Waals surface area contributed by atoms with Gasteiger partial charge in [0.15, 0.2) is 0 Å². The van der Waals surface area contributed by atoms with Gasteiger partial charge in [0.25, 0.3) is 0 Å². The van der Waals surface area contributed by atoms with Gasteiger partial charge >= 0.3 is 0 Å². The third-order valence-electron chi connectivity index (χ3n) is 2.90. The molecule has 0 aromatic carbocycles. The Bertz CT molecular complexity index is 269. The summed E-state index contributed by atoms with van der Waals surface area (Å²) in [6.45, 7) is 2.22. The number of aromatic nitrogens is 2. The predicted molar refractivity (Wildman–Crippen MR) is 50.8 cm³/mol. The molecule has 1 aliphatic carbocycles. The minimum atomic E-state index is 0.105. The molecule has 13 heavy (non-hydrogen) atoms. The zero-order chi connectivity index (χ0) is 9.26. The highest BCUT2D eigenvalue weighted by Crippen LogP contribution is 2.41. The molecule has 1 aliphatic rings. The lowest BCUT2D eigenvalue weighted by Gasteiger charge is -2.18. The third kappa shape index (κ3) is 1.86. The molecule has 1 saturated carbocycles. The third-order valence-corrected chi connectivity index (χ3v) is 2.90. The summed E-state index contributed by atoms with van der Waals surface area (Å²) in [5.41, 5.74) is 7.16. The molecule has 2 N–H and O–H groups in total. The summed E-state index contributed by atoms with van der Waals surface area (Å²) in [7, 11) is 0. The van der Waals surface area contributed by atoms with E-state index in [-0.39, 0.29) is 6.04 Å². The Hall–Kier alpha value is -0.960. The first-order chi connectivity index (χ1) is 6.29. The van der Waals surface area contributed by atoms with Gasteiger partial charge in [0.1, 0.15) is 6.33 Å². The van der Waals surface area contributed by atoms with E-state index in [2.05, 4.69) is 16.9 Å². The maximum atomic E-state index is 6.10. The highest BCUT2D eigenvalue weighted by molar-refractivity contribution is 5.10. The second-order valence-electron chi connectivity index (χ2n) is 3.89. The molecule has 70 valence electrons. The lowest BCUT2D eigenvalue weighted by molar-refractivity contribution is 0.415. The highest BCUT2D eigenvalue weighted by Gasteiger charge is 2.32. The molecule has 0 radical (unpaired) electrons. The van der Waals surface area contributed by atoms with Crippen molar-refractivity contribution in [1.29, 1.82) is 0 Å². The van der Waals surface area contributed by atoms with E-state index >= 15 is 0 Å². The van der Waals surface area contributed by atoms with Crippen molar-refractivity contribution >= 4 is 0 Å². The number of hydrogen-bond acceptors (Lipinski definition) is 3. The van der Waals surface area contributed by atoms with E-state index in [4.69, 9.17) is 5.73 Å². The maximum Gasteiger partial charge on any atom is 0.115 e. The van der Waals surface area contributed by atoms with Crippen molar-refractivity contribution in [2.24, 2.45) is 17.6 Å². The summed E-state index contributed by atoms with van der Waals surface area (Å²) in [6, 6.07) is 0.105. The Morgan fingerprint density at radius 2 is 2.00 bits per heavy atom. The Balaban J connectivity index is 2.07. The summed E-state index contributed by atoms with van der Waals surface area (Å²) in [5.74, 6) is 1.39. The van der Waals surface area contributed by atoms with E-state index in [1.54, 1.807) is 0 Å². The van der Waals surface area contributed by atoms with Crippen LogP contribution in [-0.4, -0.2) is 9.97 Å². The van der Waals surface area contributed by atoms with Gasteiger partial charge in [0, 0.05) is 24.0 Å². The quantitative estimate of drug-likeness (QED) is 0.761. The Morgan fingerprint density at radius 3 is 2.54 bits per heavy atom. The van der Waals surface area contributed by atoms with E-state index < -0.39 is 0 Å². The van der Waals surface area contributed by atoms with Crippen molar-refractivity contribution in [2.75, 3.05) is 0 Å². The molecule has 2 rings (SSSR count). The van der Waals surface area contributed by atoms with E-state index in [1.807, 2.05) is 12.4 Å². The van der Waals surface area contributed by atoms with Crippen LogP contribution in [0, 0.1) is 11.8 Å². The average Bonchev–Trinajstić information content (AvgIpc) is 3.00. The fourth-order valence-corrected chi connectivity index (χ4v) is 1.70. The minimum absolute atomic E-state index is 0.105. The lowest BCUT2D eigenvalue weighted by atomic mass is 9.93. The molecule has 0 amide bonds. The van der Waals surface area contributed by atoms with Crippen LogP contribution in [0.15, 0.2) is 18.7 Å². The molecule has 1 heterocycles. The average molecular weight is 177 g/mol. The normalized spacial score (nSPS) is 21.1. The van der Waals surface area contributed by atoms with Crippen molar-refractivity contribution in [3.05, 3.63) is 24.3 Å². The molecule has 2 atom stereocenters. The number of hydrogen-bond donors (Lipinski definition) is 1. The van der Waals surface area contributed by atoms with E-state index in [0.29, 0.717) is 5.92 Å². The first kappa shape index (κ1) is 8.63. The molecule has 2 unspecified atom stereocenters. The topological polar surface area (TPSA) is 51.8 Å². The molecular weight excluding hydrogens is 162 g/mol. The summed E-state index contributed by atoms with van der Waals surface area (Å²) in [5, 5.41) is 0. The molecule has 0 aliphatic heterocycles. The molecule has 0 bridgehead atoms. The van der Waals surface area contributed by atoms with Crippen LogP contribution < -0.4 is 5.73 Å². The van der Waals surface area contributed by atoms with Crippen molar-refractivity contribution in [2.45, 2.75) is 25.8 Å². The predicted octanol–water partition coefficient (Wildman–Crippen LogP) is 1.52. The van der Waals surface area contributed by atoms with E-state index in [9.17, 15) is 0 Å². The smallest absolute Gasteiger partial charge is 0.115 e. The van der Waals surface area contributed by atoms with Crippen LogP contribution in [0.25, 0.3) is 0 Å². The number of nitrogens with zero attached hydrogens (tertiary/aromatic N) is 2. The Morgan fingerprint density at radius 1 is 1.38 bits per heavy atom. The molecule has 3 heteroatoms. The molecule has 1 fully saturated rings. The summed E-state index contributed by atoms with van der Waals surface area (Å²) in [6.07, 6.45) is 7.84. The fraction of sp³-hybridized carbons (Fsp3) is 0.600.